The zero-order chi connectivity index (χ0) is 27.7. The molecule has 9 nitrogen and oxygen atoms in total. The number of fused-ring (bicyclic) bond motifs is 1. The van der Waals surface area contributed by atoms with Crippen molar-refractivity contribution in [1.29, 1.82) is 0 Å². The van der Waals surface area contributed by atoms with Crippen LogP contribution in [0.25, 0.3) is 17.0 Å². The number of rotatable bonds is 8. The molecule has 1 aliphatic rings. The van der Waals surface area contributed by atoms with Gasteiger partial charge in [0.2, 0.25) is 10.0 Å². The maximum absolute atomic E-state index is 13.4. The van der Waals surface area contributed by atoms with Gasteiger partial charge in [0.1, 0.15) is 5.65 Å². The molecule has 0 amide bonds. The highest BCUT2D eigenvalue weighted by Crippen LogP contribution is 2.33. The molecule has 1 atom stereocenters. The van der Waals surface area contributed by atoms with E-state index in [2.05, 4.69) is 57.4 Å². The van der Waals surface area contributed by atoms with E-state index in [1.165, 1.54) is 4.31 Å². The van der Waals surface area contributed by atoms with Crippen LogP contribution in [-0.2, 0) is 20.5 Å². The minimum absolute atomic E-state index is 0.0866. The van der Waals surface area contributed by atoms with Gasteiger partial charge < -0.3 is 9.14 Å². The molecule has 0 spiro atoms. The molecule has 0 unspecified atom stereocenters. The lowest BCUT2D eigenvalue weighted by Crippen LogP contribution is -2.40. The fraction of sp³-hybridized carbons (Fsp3) is 0.276. The van der Waals surface area contributed by atoms with Gasteiger partial charge in [-0.3, -0.25) is 4.57 Å². The number of nitrogens with zero attached hydrogens (tertiary/aromatic N) is 6. The lowest BCUT2D eigenvalue weighted by Gasteiger charge is -2.26. The molecular formula is C29H30N6O3S2. The Labute approximate surface area is 237 Å². The number of morpholine rings is 1. The van der Waals surface area contributed by atoms with Crippen LogP contribution < -0.4 is 0 Å². The van der Waals surface area contributed by atoms with Crippen molar-refractivity contribution in [2.24, 2.45) is 0 Å². The smallest absolute Gasteiger partial charge is 0.243 e. The third-order valence-corrected chi connectivity index (χ3v) is 10.0. The van der Waals surface area contributed by atoms with E-state index in [0.29, 0.717) is 43.4 Å². The maximum atomic E-state index is 13.4. The summed E-state index contributed by atoms with van der Waals surface area (Å²) in [6.07, 6.45) is 2.06. The van der Waals surface area contributed by atoms with E-state index >= 15 is 0 Å². The molecule has 0 bridgehead atoms. The summed E-state index contributed by atoms with van der Waals surface area (Å²) in [6, 6.07) is 23.1. The van der Waals surface area contributed by atoms with Crippen LogP contribution in [0.2, 0.25) is 0 Å². The number of aromatic nitrogens is 5. The Balaban J connectivity index is 1.36. The Morgan fingerprint density at radius 1 is 0.975 bits per heavy atom. The van der Waals surface area contributed by atoms with Crippen molar-refractivity contribution in [3.8, 4) is 11.4 Å². The molecular weight excluding hydrogens is 544 g/mol. The SMILES string of the molecule is Cc1cccc2nc(CSc3nnc(-c4cccc(S(=O)(=O)N5CCOCC5)c4)n3[C@@H](C)c3ccccc3)cn12. The summed E-state index contributed by atoms with van der Waals surface area (Å²) >= 11 is 1.57. The van der Waals surface area contributed by atoms with Gasteiger partial charge in [-0.2, -0.15) is 4.31 Å². The number of imidazole rings is 1. The van der Waals surface area contributed by atoms with Crippen LogP contribution in [0.4, 0.5) is 0 Å². The van der Waals surface area contributed by atoms with Gasteiger partial charge in [0, 0.05) is 36.3 Å². The van der Waals surface area contributed by atoms with Gasteiger partial charge in [-0.15, -0.1) is 10.2 Å². The highest BCUT2D eigenvalue weighted by molar-refractivity contribution is 7.98. The largest absolute Gasteiger partial charge is 0.379 e. The van der Waals surface area contributed by atoms with E-state index in [4.69, 9.17) is 9.72 Å². The Morgan fingerprint density at radius 2 is 1.75 bits per heavy atom. The van der Waals surface area contributed by atoms with Crippen LogP contribution >= 0.6 is 11.8 Å². The molecule has 206 valence electrons. The van der Waals surface area contributed by atoms with Crippen molar-refractivity contribution in [2.75, 3.05) is 26.3 Å². The predicted molar refractivity (Wildman–Crippen MR) is 155 cm³/mol. The van der Waals surface area contributed by atoms with Crippen molar-refractivity contribution in [3.05, 3.63) is 95.9 Å². The van der Waals surface area contributed by atoms with Crippen LogP contribution in [0, 0.1) is 6.92 Å². The van der Waals surface area contributed by atoms with Gasteiger partial charge in [0.05, 0.1) is 29.8 Å². The number of ether oxygens (including phenoxy) is 1. The molecule has 0 aliphatic carbocycles. The van der Waals surface area contributed by atoms with Gasteiger partial charge in [0.25, 0.3) is 0 Å². The summed E-state index contributed by atoms with van der Waals surface area (Å²) < 4.78 is 37.8. The summed E-state index contributed by atoms with van der Waals surface area (Å²) in [4.78, 5) is 5.01. The molecule has 4 heterocycles. The predicted octanol–water partition coefficient (Wildman–Crippen LogP) is 4.82. The highest BCUT2D eigenvalue weighted by Gasteiger charge is 2.28. The average molecular weight is 575 g/mol. The van der Waals surface area contributed by atoms with E-state index in [9.17, 15) is 8.42 Å². The topological polar surface area (TPSA) is 94.6 Å². The monoisotopic (exact) mass is 574 g/mol. The molecule has 3 aromatic heterocycles. The van der Waals surface area contributed by atoms with Crippen molar-refractivity contribution in [2.45, 2.75) is 35.7 Å². The zero-order valence-electron chi connectivity index (χ0n) is 22.3. The van der Waals surface area contributed by atoms with E-state index in [1.54, 1.807) is 30.0 Å². The number of sulfonamides is 1. The molecule has 1 fully saturated rings. The van der Waals surface area contributed by atoms with Crippen LogP contribution in [0.3, 0.4) is 0 Å². The van der Waals surface area contributed by atoms with Gasteiger partial charge >= 0.3 is 0 Å². The first-order valence-electron chi connectivity index (χ1n) is 13.2. The quantitative estimate of drug-likeness (QED) is 0.245. The van der Waals surface area contributed by atoms with Crippen LogP contribution in [-0.4, -0.2) is 63.2 Å². The van der Waals surface area contributed by atoms with Crippen LogP contribution in [0.1, 0.15) is 29.9 Å². The van der Waals surface area contributed by atoms with Gasteiger partial charge in [0.15, 0.2) is 11.0 Å². The number of hydrogen-bond acceptors (Lipinski definition) is 7. The molecule has 2 aromatic carbocycles. The van der Waals surface area contributed by atoms with E-state index < -0.39 is 10.0 Å². The summed E-state index contributed by atoms with van der Waals surface area (Å²) in [5.74, 6) is 1.23. The van der Waals surface area contributed by atoms with E-state index in [-0.39, 0.29) is 10.9 Å². The Hall–Kier alpha value is -3.51. The van der Waals surface area contributed by atoms with Gasteiger partial charge in [-0.25, -0.2) is 13.4 Å². The molecule has 11 heteroatoms. The summed E-state index contributed by atoms with van der Waals surface area (Å²) in [5.41, 5.74) is 4.78. The van der Waals surface area contributed by atoms with Crippen LogP contribution in [0.5, 0.6) is 0 Å². The van der Waals surface area contributed by atoms with Crippen molar-refractivity contribution in [3.63, 3.8) is 0 Å². The van der Waals surface area contributed by atoms with Gasteiger partial charge in [-0.1, -0.05) is 60.3 Å². The van der Waals surface area contributed by atoms with Crippen molar-refractivity contribution in [1.82, 2.24) is 28.5 Å². The van der Waals surface area contributed by atoms with Gasteiger partial charge in [-0.05, 0) is 43.7 Å². The lowest BCUT2D eigenvalue weighted by atomic mass is 10.1. The summed E-state index contributed by atoms with van der Waals surface area (Å²) in [5, 5.41) is 9.89. The average Bonchev–Trinajstić information content (AvgIpc) is 3.62. The van der Waals surface area contributed by atoms with Crippen molar-refractivity contribution < 1.29 is 13.2 Å². The lowest BCUT2D eigenvalue weighted by molar-refractivity contribution is 0.0730. The Morgan fingerprint density at radius 3 is 2.52 bits per heavy atom. The number of thioether (sulfide) groups is 1. The molecule has 1 saturated heterocycles. The zero-order valence-corrected chi connectivity index (χ0v) is 24.0. The summed E-state index contributed by atoms with van der Waals surface area (Å²) in [6.45, 7) is 5.65. The normalized spacial score (nSPS) is 15.4. The van der Waals surface area contributed by atoms with E-state index in [0.717, 1.165) is 27.8 Å². The molecule has 0 saturated carbocycles. The second-order valence-corrected chi connectivity index (χ2v) is 12.6. The minimum Gasteiger partial charge on any atom is -0.379 e. The highest BCUT2D eigenvalue weighted by atomic mass is 32.2. The number of pyridine rings is 1. The third-order valence-electron chi connectivity index (χ3n) is 7.13. The molecule has 6 rings (SSSR count). The second-order valence-electron chi connectivity index (χ2n) is 9.72. The van der Waals surface area contributed by atoms with E-state index in [1.807, 2.05) is 36.4 Å². The second kappa shape index (κ2) is 11.2. The molecule has 0 N–H and O–H groups in total. The molecule has 40 heavy (non-hydrogen) atoms. The fourth-order valence-corrected chi connectivity index (χ4v) is 7.29. The first-order valence-corrected chi connectivity index (χ1v) is 15.6. The van der Waals surface area contributed by atoms with Crippen LogP contribution in [0.15, 0.2) is 89.0 Å². The fourth-order valence-electron chi connectivity index (χ4n) is 4.94. The maximum Gasteiger partial charge on any atom is 0.243 e. The molecule has 5 aromatic rings. The third kappa shape index (κ3) is 5.17. The first kappa shape index (κ1) is 26.7. The Bertz CT molecular complexity index is 1740. The molecule has 0 radical (unpaired) electrons. The standard InChI is InChI=1S/C29H30N6O3S2/c1-21-8-6-13-27-30-25(19-34(21)27)20-39-29-32-31-28(35(29)22(2)23-9-4-3-5-10-23)24-11-7-12-26(18-24)40(36,37)33-14-16-38-17-15-33/h3-13,18-19,22H,14-17,20H2,1-2H3/t22-/m0/s1. The molecule has 1 aliphatic heterocycles. The number of aryl methyl sites for hydroxylation is 1. The number of hydrogen-bond donors (Lipinski definition) is 0. The summed E-state index contributed by atoms with van der Waals surface area (Å²) in [7, 11) is -3.65. The number of benzene rings is 2. The Kier molecular flexibility index (Phi) is 7.45. The minimum atomic E-state index is -3.65. The first-order chi connectivity index (χ1) is 19.4. The van der Waals surface area contributed by atoms with Crippen molar-refractivity contribution >= 4 is 27.4 Å².